The van der Waals surface area contributed by atoms with Crippen LogP contribution in [0.2, 0.25) is 0 Å². The third kappa shape index (κ3) is 3.14. The Morgan fingerprint density at radius 1 is 1.00 bits per heavy atom. The first-order valence-electron chi connectivity index (χ1n) is 2.82. The van der Waals surface area contributed by atoms with Crippen molar-refractivity contribution in [2.45, 2.75) is 25.7 Å². The van der Waals surface area contributed by atoms with Crippen molar-refractivity contribution in [2.24, 2.45) is 0 Å². The van der Waals surface area contributed by atoms with E-state index >= 15 is 0 Å². The molecule has 0 unspecified atom stereocenters. The molecule has 0 spiro atoms. The van der Waals surface area contributed by atoms with Gasteiger partial charge in [0, 0.05) is 12.8 Å². The topological polar surface area (TPSA) is 34.1 Å². The minimum atomic E-state index is 0. The van der Waals surface area contributed by atoms with Crippen molar-refractivity contribution in [2.75, 3.05) is 0 Å². The van der Waals surface area contributed by atoms with Gasteiger partial charge in [-0.3, -0.25) is 9.59 Å². The molecule has 1 aliphatic rings. The number of rotatable bonds is 0. The van der Waals surface area contributed by atoms with Crippen LogP contribution in [0.5, 0.6) is 0 Å². The number of ketones is 2. The van der Waals surface area contributed by atoms with Gasteiger partial charge in [-0.05, 0) is 6.42 Å². The Labute approximate surface area is 76.3 Å². The molecule has 0 aromatic heterocycles. The summed E-state index contributed by atoms with van der Waals surface area (Å²) < 4.78 is 0. The fraction of sp³-hybridized carbons (Fsp3) is 0.667. The van der Waals surface area contributed by atoms with E-state index in [0.717, 1.165) is 6.42 Å². The summed E-state index contributed by atoms with van der Waals surface area (Å²) in [5.74, 6) is 0.225. The van der Waals surface area contributed by atoms with Crippen LogP contribution >= 0.6 is 0 Å². The van der Waals surface area contributed by atoms with Crippen LogP contribution in [-0.4, -0.2) is 41.1 Å². The maximum absolute atomic E-state index is 10.5. The van der Waals surface area contributed by atoms with E-state index in [4.69, 9.17) is 0 Å². The standard InChI is InChI=1S/C6H8O2.Na.H/c7-5-2-1-3-6(8)4-5;;/h1-4H2;;. The average molecular weight is 136 g/mol. The van der Waals surface area contributed by atoms with Gasteiger partial charge in [-0.25, -0.2) is 0 Å². The van der Waals surface area contributed by atoms with Gasteiger partial charge in [0.05, 0.1) is 6.42 Å². The normalized spacial score (nSPS) is 19.1. The van der Waals surface area contributed by atoms with Gasteiger partial charge in [0.1, 0.15) is 11.6 Å². The zero-order valence-corrected chi connectivity index (χ0v) is 4.64. The zero-order chi connectivity index (χ0) is 5.98. The minimum absolute atomic E-state index is 0. The number of hydrogen-bond acceptors (Lipinski definition) is 2. The van der Waals surface area contributed by atoms with Crippen LogP contribution in [-0.2, 0) is 9.59 Å². The molecule has 0 atom stereocenters. The predicted octanol–water partition coefficient (Wildman–Crippen LogP) is 0.0501. The predicted molar refractivity (Wildman–Crippen MR) is 35.6 cm³/mol. The van der Waals surface area contributed by atoms with E-state index in [1.807, 2.05) is 0 Å². The van der Waals surface area contributed by atoms with E-state index < -0.39 is 0 Å². The van der Waals surface area contributed by atoms with Crippen molar-refractivity contribution in [1.82, 2.24) is 0 Å². The quantitative estimate of drug-likeness (QED) is 0.348. The summed E-state index contributed by atoms with van der Waals surface area (Å²) in [6.45, 7) is 0. The van der Waals surface area contributed by atoms with Crippen molar-refractivity contribution in [1.29, 1.82) is 0 Å². The van der Waals surface area contributed by atoms with Gasteiger partial charge < -0.3 is 0 Å². The molecule has 3 heteroatoms. The van der Waals surface area contributed by atoms with E-state index in [-0.39, 0.29) is 47.5 Å². The molecule has 0 N–H and O–H groups in total. The fourth-order valence-electron chi connectivity index (χ4n) is 0.879. The third-order valence-corrected chi connectivity index (χ3v) is 1.31. The summed E-state index contributed by atoms with van der Waals surface area (Å²) in [6, 6.07) is 0. The second kappa shape index (κ2) is 4.20. The van der Waals surface area contributed by atoms with Crippen LogP contribution < -0.4 is 0 Å². The van der Waals surface area contributed by atoms with Crippen LogP contribution in [0, 0.1) is 0 Å². The van der Waals surface area contributed by atoms with Gasteiger partial charge >= 0.3 is 29.6 Å². The van der Waals surface area contributed by atoms with Crippen LogP contribution in [0.15, 0.2) is 0 Å². The van der Waals surface area contributed by atoms with E-state index in [0.29, 0.717) is 12.8 Å². The molecule has 1 saturated carbocycles. The van der Waals surface area contributed by atoms with Crippen LogP contribution in [0.4, 0.5) is 0 Å². The molecule has 0 amide bonds. The molecule has 1 aliphatic carbocycles. The Hall–Kier alpha value is 0.340. The van der Waals surface area contributed by atoms with Gasteiger partial charge in [-0.1, -0.05) is 0 Å². The molecule has 9 heavy (non-hydrogen) atoms. The average Bonchev–Trinajstić information content (AvgIpc) is 1.64. The molecule has 46 valence electrons. The van der Waals surface area contributed by atoms with Crippen molar-refractivity contribution in [3.63, 3.8) is 0 Å². The molecule has 0 radical (unpaired) electrons. The number of Topliss-reactive ketones (excluding diaryl/α,β-unsaturated/α-hetero) is 2. The molecule has 0 bridgehead atoms. The molecule has 2 nitrogen and oxygen atoms in total. The third-order valence-electron chi connectivity index (χ3n) is 1.31. The van der Waals surface area contributed by atoms with Crippen molar-refractivity contribution in [3.05, 3.63) is 0 Å². The van der Waals surface area contributed by atoms with Crippen molar-refractivity contribution < 1.29 is 9.59 Å². The molecule has 1 fully saturated rings. The summed E-state index contributed by atoms with van der Waals surface area (Å²) in [6.07, 6.45) is 2.20. The molecule has 1 rings (SSSR count). The van der Waals surface area contributed by atoms with E-state index in [2.05, 4.69) is 0 Å². The molecule has 0 saturated heterocycles. The molecule has 0 aromatic carbocycles. The number of carbonyl (C=O) groups excluding carboxylic acids is 2. The Balaban J connectivity index is 0.000000640. The SMILES string of the molecule is O=C1CCCC(=O)C1.[NaH]. The molecule has 0 aromatic rings. The van der Waals surface area contributed by atoms with Gasteiger partial charge in [0.15, 0.2) is 0 Å². The first-order chi connectivity index (χ1) is 3.79. The second-order valence-corrected chi connectivity index (χ2v) is 2.11. The Morgan fingerprint density at radius 3 is 1.67 bits per heavy atom. The summed E-state index contributed by atoms with van der Waals surface area (Å²) in [5, 5.41) is 0. The molecule has 0 heterocycles. The maximum atomic E-state index is 10.5. The Morgan fingerprint density at radius 2 is 1.44 bits per heavy atom. The van der Waals surface area contributed by atoms with Crippen LogP contribution in [0.1, 0.15) is 25.7 Å². The summed E-state index contributed by atoms with van der Waals surface area (Å²) in [5.41, 5.74) is 0. The monoisotopic (exact) mass is 136 g/mol. The van der Waals surface area contributed by atoms with Crippen LogP contribution in [0.25, 0.3) is 0 Å². The Bertz CT molecular complexity index is 117. The Kier molecular flexibility index (Phi) is 4.36. The second-order valence-electron chi connectivity index (χ2n) is 2.11. The van der Waals surface area contributed by atoms with Gasteiger partial charge in [0.2, 0.25) is 0 Å². The summed E-state index contributed by atoms with van der Waals surface area (Å²) in [4.78, 5) is 20.9. The molecule has 0 aliphatic heterocycles. The fourth-order valence-corrected chi connectivity index (χ4v) is 0.879. The summed E-state index contributed by atoms with van der Waals surface area (Å²) >= 11 is 0. The van der Waals surface area contributed by atoms with E-state index in [1.165, 1.54) is 0 Å². The number of carbonyl (C=O) groups is 2. The molecular weight excluding hydrogens is 127 g/mol. The first kappa shape index (κ1) is 9.34. The van der Waals surface area contributed by atoms with Crippen molar-refractivity contribution >= 4 is 41.1 Å². The number of hydrogen-bond donors (Lipinski definition) is 0. The first-order valence-corrected chi connectivity index (χ1v) is 2.82. The van der Waals surface area contributed by atoms with E-state index in [9.17, 15) is 9.59 Å². The zero-order valence-electron chi connectivity index (χ0n) is 4.64. The molecular formula is C6H9NaO2. The van der Waals surface area contributed by atoms with Crippen LogP contribution in [0.3, 0.4) is 0 Å². The van der Waals surface area contributed by atoms with Gasteiger partial charge in [-0.15, -0.1) is 0 Å². The van der Waals surface area contributed by atoms with Gasteiger partial charge in [0.25, 0.3) is 0 Å². The van der Waals surface area contributed by atoms with Crippen molar-refractivity contribution in [3.8, 4) is 0 Å². The van der Waals surface area contributed by atoms with E-state index in [1.54, 1.807) is 0 Å². The summed E-state index contributed by atoms with van der Waals surface area (Å²) in [7, 11) is 0. The van der Waals surface area contributed by atoms with Gasteiger partial charge in [-0.2, -0.15) is 0 Å².